The minimum absolute atomic E-state index is 0.0695. The van der Waals surface area contributed by atoms with Crippen LogP contribution in [-0.4, -0.2) is 17.3 Å². The standard InChI is InChI=1S/C15H26N2OS/c1-15(2,3)13-11-19-14(17-13)10-12(18)8-6-4-5-7-9-16/h11H,4-10,16H2,1-3H3. The molecule has 0 atom stereocenters. The summed E-state index contributed by atoms with van der Waals surface area (Å²) < 4.78 is 0. The quantitative estimate of drug-likeness (QED) is 0.743. The van der Waals surface area contributed by atoms with Crippen molar-refractivity contribution in [3.05, 3.63) is 16.1 Å². The average Bonchev–Trinajstić information content (AvgIpc) is 2.77. The van der Waals surface area contributed by atoms with Crippen molar-refractivity contribution in [1.29, 1.82) is 0 Å². The van der Waals surface area contributed by atoms with Crippen LogP contribution in [0.2, 0.25) is 0 Å². The predicted octanol–water partition coefficient (Wildman–Crippen LogP) is 3.46. The summed E-state index contributed by atoms with van der Waals surface area (Å²) in [5, 5.41) is 3.03. The van der Waals surface area contributed by atoms with Crippen LogP contribution in [0.15, 0.2) is 5.38 Å². The van der Waals surface area contributed by atoms with Crippen molar-refractivity contribution in [3.63, 3.8) is 0 Å². The van der Waals surface area contributed by atoms with Gasteiger partial charge in [0.05, 0.1) is 12.1 Å². The molecular formula is C15H26N2OS. The number of thiazole rings is 1. The molecule has 1 aromatic heterocycles. The van der Waals surface area contributed by atoms with Gasteiger partial charge in [0.2, 0.25) is 0 Å². The van der Waals surface area contributed by atoms with E-state index < -0.39 is 0 Å². The minimum Gasteiger partial charge on any atom is -0.330 e. The van der Waals surface area contributed by atoms with Crippen LogP contribution in [0.1, 0.15) is 63.6 Å². The summed E-state index contributed by atoms with van der Waals surface area (Å²) in [6, 6.07) is 0. The molecule has 0 fully saturated rings. The van der Waals surface area contributed by atoms with Gasteiger partial charge >= 0.3 is 0 Å². The van der Waals surface area contributed by atoms with Crippen LogP contribution >= 0.6 is 11.3 Å². The fourth-order valence-electron chi connectivity index (χ4n) is 1.81. The molecule has 19 heavy (non-hydrogen) atoms. The van der Waals surface area contributed by atoms with Crippen LogP contribution in [0.25, 0.3) is 0 Å². The SMILES string of the molecule is CC(C)(C)c1csc(CC(=O)CCCCCCN)n1. The van der Waals surface area contributed by atoms with E-state index in [9.17, 15) is 4.79 Å². The molecule has 4 heteroatoms. The first-order chi connectivity index (χ1) is 8.93. The Morgan fingerprint density at radius 1 is 1.26 bits per heavy atom. The van der Waals surface area contributed by atoms with E-state index in [0.717, 1.165) is 42.9 Å². The zero-order chi connectivity index (χ0) is 14.3. The molecule has 0 aliphatic carbocycles. The Hall–Kier alpha value is -0.740. The van der Waals surface area contributed by atoms with Crippen LogP contribution in [0.5, 0.6) is 0 Å². The molecule has 0 radical (unpaired) electrons. The number of ketones is 1. The van der Waals surface area contributed by atoms with Crippen molar-refractivity contribution in [2.75, 3.05) is 6.54 Å². The van der Waals surface area contributed by atoms with Gasteiger partial charge < -0.3 is 5.73 Å². The summed E-state index contributed by atoms with van der Waals surface area (Å²) in [6.07, 6.45) is 5.46. The van der Waals surface area contributed by atoms with Gasteiger partial charge in [0.25, 0.3) is 0 Å². The van der Waals surface area contributed by atoms with Crippen LogP contribution in [0, 0.1) is 0 Å². The summed E-state index contributed by atoms with van der Waals surface area (Å²) in [6.45, 7) is 7.18. The highest BCUT2D eigenvalue weighted by Crippen LogP contribution is 2.24. The molecule has 0 saturated carbocycles. The third-order valence-corrected chi connectivity index (χ3v) is 3.93. The average molecular weight is 282 g/mol. The minimum atomic E-state index is 0.0695. The number of nitrogens with two attached hydrogens (primary N) is 1. The van der Waals surface area contributed by atoms with Crippen LogP contribution in [-0.2, 0) is 16.6 Å². The molecule has 0 unspecified atom stereocenters. The number of carbonyl (C=O) groups is 1. The molecule has 3 nitrogen and oxygen atoms in total. The Morgan fingerprint density at radius 2 is 1.95 bits per heavy atom. The normalized spacial score (nSPS) is 11.8. The van der Waals surface area contributed by atoms with Gasteiger partial charge in [0.1, 0.15) is 10.8 Å². The molecule has 0 saturated heterocycles. The van der Waals surface area contributed by atoms with Crippen LogP contribution in [0.4, 0.5) is 0 Å². The lowest BCUT2D eigenvalue weighted by atomic mass is 9.93. The molecule has 1 heterocycles. The molecule has 0 bridgehead atoms. The molecular weight excluding hydrogens is 256 g/mol. The molecule has 108 valence electrons. The van der Waals surface area contributed by atoms with Crippen molar-refractivity contribution in [3.8, 4) is 0 Å². The first-order valence-electron chi connectivity index (χ1n) is 7.10. The van der Waals surface area contributed by atoms with E-state index in [1.54, 1.807) is 11.3 Å². The number of carbonyl (C=O) groups excluding carboxylic acids is 1. The van der Waals surface area contributed by atoms with Crippen molar-refractivity contribution >= 4 is 17.1 Å². The summed E-state index contributed by atoms with van der Waals surface area (Å²) in [5.74, 6) is 0.308. The smallest absolute Gasteiger partial charge is 0.139 e. The summed E-state index contributed by atoms with van der Waals surface area (Å²) in [5.41, 5.74) is 6.59. The first kappa shape index (κ1) is 16.3. The number of nitrogens with zero attached hydrogens (tertiary/aromatic N) is 1. The highest BCUT2D eigenvalue weighted by molar-refractivity contribution is 7.09. The maximum atomic E-state index is 11.8. The number of aromatic nitrogens is 1. The highest BCUT2D eigenvalue weighted by atomic mass is 32.1. The largest absolute Gasteiger partial charge is 0.330 e. The van der Waals surface area contributed by atoms with Crippen molar-refractivity contribution in [2.45, 2.75) is 64.7 Å². The van der Waals surface area contributed by atoms with Crippen molar-refractivity contribution in [2.24, 2.45) is 5.73 Å². The van der Waals surface area contributed by atoms with Gasteiger partial charge in [-0.15, -0.1) is 11.3 Å². The summed E-state index contributed by atoms with van der Waals surface area (Å²) in [7, 11) is 0. The fourth-order valence-corrected chi connectivity index (χ4v) is 2.86. The second-order valence-corrected chi connectivity index (χ2v) is 6.99. The van der Waals surface area contributed by atoms with Gasteiger partial charge in [-0.05, 0) is 19.4 Å². The molecule has 1 rings (SSSR count). The summed E-state index contributed by atoms with van der Waals surface area (Å²) >= 11 is 1.60. The number of Topliss-reactive ketones (excluding diaryl/α,β-unsaturated/α-hetero) is 1. The Labute approximate surface area is 120 Å². The number of rotatable bonds is 8. The van der Waals surface area contributed by atoms with E-state index >= 15 is 0 Å². The zero-order valence-electron chi connectivity index (χ0n) is 12.4. The van der Waals surface area contributed by atoms with Gasteiger partial charge in [-0.2, -0.15) is 0 Å². The Bertz CT molecular complexity index is 393. The second-order valence-electron chi connectivity index (χ2n) is 6.04. The van der Waals surface area contributed by atoms with Gasteiger partial charge in [-0.25, -0.2) is 4.98 Å². The molecule has 0 spiro atoms. The van der Waals surface area contributed by atoms with E-state index in [1.165, 1.54) is 0 Å². The van der Waals surface area contributed by atoms with Crippen molar-refractivity contribution in [1.82, 2.24) is 4.98 Å². The number of hydrogen-bond donors (Lipinski definition) is 1. The topological polar surface area (TPSA) is 56.0 Å². The molecule has 0 aliphatic heterocycles. The third kappa shape index (κ3) is 6.30. The molecule has 2 N–H and O–H groups in total. The first-order valence-corrected chi connectivity index (χ1v) is 7.98. The highest BCUT2D eigenvalue weighted by Gasteiger charge is 2.18. The second kappa shape index (κ2) is 7.75. The van der Waals surface area contributed by atoms with Gasteiger partial charge in [-0.3, -0.25) is 4.79 Å². The fraction of sp³-hybridized carbons (Fsp3) is 0.733. The van der Waals surface area contributed by atoms with Crippen molar-refractivity contribution < 1.29 is 4.79 Å². The van der Waals surface area contributed by atoms with Gasteiger partial charge in [-0.1, -0.05) is 33.6 Å². The predicted molar refractivity (Wildman–Crippen MR) is 81.7 cm³/mol. The maximum absolute atomic E-state index is 11.8. The van der Waals surface area contributed by atoms with E-state index in [-0.39, 0.29) is 5.41 Å². The zero-order valence-corrected chi connectivity index (χ0v) is 13.2. The third-order valence-electron chi connectivity index (χ3n) is 3.08. The lowest BCUT2D eigenvalue weighted by Gasteiger charge is -2.14. The van der Waals surface area contributed by atoms with Gasteiger partial charge in [0, 0.05) is 17.2 Å². The molecule has 0 aliphatic rings. The Balaban J connectivity index is 2.30. The maximum Gasteiger partial charge on any atom is 0.139 e. The van der Waals surface area contributed by atoms with Gasteiger partial charge in [0.15, 0.2) is 0 Å². The van der Waals surface area contributed by atoms with E-state index in [0.29, 0.717) is 18.6 Å². The number of unbranched alkanes of at least 4 members (excludes halogenated alkanes) is 3. The summed E-state index contributed by atoms with van der Waals surface area (Å²) in [4.78, 5) is 16.4. The Kier molecular flexibility index (Phi) is 6.66. The monoisotopic (exact) mass is 282 g/mol. The lowest BCUT2D eigenvalue weighted by Crippen LogP contribution is -2.12. The molecule has 1 aromatic rings. The number of hydrogen-bond acceptors (Lipinski definition) is 4. The lowest BCUT2D eigenvalue weighted by molar-refractivity contribution is -0.118. The Morgan fingerprint density at radius 3 is 2.53 bits per heavy atom. The van der Waals surface area contributed by atoms with E-state index in [4.69, 9.17) is 5.73 Å². The molecule has 0 aromatic carbocycles. The molecule has 0 amide bonds. The van der Waals surface area contributed by atoms with E-state index in [2.05, 4.69) is 31.1 Å². The van der Waals surface area contributed by atoms with Crippen LogP contribution in [0.3, 0.4) is 0 Å². The van der Waals surface area contributed by atoms with E-state index in [1.807, 2.05) is 0 Å². The van der Waals surface area contributed by atoms with Crippen LogP contribution < -0.4 is 5.73 Å².